The fourth-order valence-electron chi connectivity index (χ4n) is 6.88. The van der Waals surface area contributed by atoms with Gasteiger partial charge in [0.15, 0.2) is 0 Å². The van der Waals surface area contributed by atoms with E-state index in [0.717, 1.165) is 29.5 Å². The molecule has 3 heterocycles. The molecule has 3 atom stereocenters. The van der Waals surface area contributed by atoms with Crippen molar-refractivity contribution in [2.45, 2.75) is 70.9 Å². The van der Waals surface area contributed by atoms with Crippen LogP contribution in [0.25, 0.3) is 0 Å². The number of amides is 3. The fraction of sp³-hybridized carbons (Fsp3) is 0.621. The summed E-state index contributed by atoms with van der Waals surface area (Å²) in [7, 11) is 2.98. The van der Waals surface area contributed by atoms with Crippen molar-refractivity contribution < 1.29 is 27.9 Å². The number of halogens is 3. The fourth-order valence-corrected chi connectivity index (χ4v) is 7.13. The molecule has 3 amide bonds. The maximum atomic E-state index is 14.4. The van der Waals surface area contributed by atoms with Gasteiger partial charge in [-0.2, -0.15) is 0 Å². The van der Waals surface area contributed by atoms with Crippen LogP contribution in [0.3, 0.4) is 0 Å². The van der Waals surface area contributed by atoms with Gasteiger partial charge in [0.1, 0.15) is 23.7 Å². The first-order valence-electron chi connectivity index (χ1n) is 14.5. The number of likely N-dealkylation sites (tertiary alicyclic amines) is 1. The van der Waals surface area contributed by atoms with Gasteiger partial charge in [-0.1, -0.05) is 29.7 Å². The molecule has 2 aromatic rings. The van der Waals surface area contributed by atoms with Crippen LogP contribution < -0.4 is 10.1 Å². The van der Waals surface area contributed by atoms with Crippen LogP contribution in [0.1, 0.15) is 80.4 Å². The second kappa shape index (κ2) is 12.1. The monoisotopic (exact) mass is 606 g/mol. The molecule has 1 N–H and O–H groups in total. The Balaban J connectivity index is 1.53. The molecule has 5 rings (SSSR count). The predicted molar refractivity (Wildman–Crippen MR) is 150 cm³/mol. The molecular formula is C29H37ClF2N6O4. The van der Waals surface area contributed by atoms with Gasteiger partial charge in [-0.25, -0.2) is 13.5 Å². The standard InChI is InChI=1S/C29H37ClF2N6O4/c1-29(28(41)33-2)12-5-4-7-18(29)27(40)38-14-11-17-19(30)9-10-22(24(17)21(38)15-37-13-6-8-23(37)39)42-16-20-25(26(31)32)36(3)35-34-20/h9-10,18,21,26H,4-8,11-16H2,1-3H3,(H,33,41)/t18-,21+,29-/m0/s1. The number of alkyl halides is 2. The van der Waals surface area contributed by atoms with E-state index in [0.29, 0.717) is 55.1 Å². The Hall–Kier alpha value is -3.28. The van der Waals surface area contributed by atoms with Gasteiger partial charge in [-0.05, 0) is 50.3 Å². The number of nitrogens with zero attached hydrogens (tertiary/aromatic N) is 5. The van der Waals surface area contributed by atoms with E-state index in [1.54, 1.807) is 29.0 Å². The Labute approximate surface area is 248 Å². The Morgan fingerprint density at radius 2 is 2.00 bits per heavy atom. The lowest BCUT2D eigenvalue weighted by Gasteiger charge is -2.46. The zero-order valence-corrected chi connectivity index (χ0v) is 24.9. The average Bonchev–Trinajstić information content (AvgIpc) is 3.56. The minimum absolute atomic E-state index is 0.00743. The van der Waals surface area contributed by atoms with Crippen molar-refractivity contribution in [1.29, 1.82) is 0 Å². The van der Waals surface area contributed by atoms with E-state index < -0.39 is 23.8 Å². The lowest BCUT2D eigenvalue weighted by Crippen LogP contribution is -2.54. The summed E-state index contributed by atoms with van der Waals surface area (Å²) in [5.41, 5.74) is 0.265. The predicted octanol–water partition coefficient (Wildman–Crippen LogP) is 3.98. The maximum Gasteiger partial charge on any atom is 0.282 e. The largest absolute Gasteiger partial charge is 0.487 e. The van der Waals surface area contributed by atoms with Crippen LogP contribution in [0, 0.1) is 11.3 Å². The first-order valence-corrected chi connectivity index (χ1v) is 14.9. The third-order valence-electron chi connectivity index (χ3n) is 9.19. The maximum absolute atomic E-state index is 14.4. The van der Waals surface area contributed by atoms with E-state index in [2.05, 4.69) is 15.6 Å². The molecule has 0 bridgehead atoms. The molecule has 1 saturated carbocycles. The molecule has 3 aliphatic rings. The number of nitrogens with one attached hydrogen (secondary N) is 1. The van der Waals surface area contributed by atoms with E-state index in [1.165, 1.54) is 7.05 Å². The van der Waals surface area contributed by atoms with E-state index >= 15 is 0 Å². The number of aromatic nitrogens is 3. The van der Waals surface area contributed by atoms with Crippen molar-refractivity contribution in [1.82, 2.24) is 30.1 Å². The molecule has 1 aromatic carbocycles. The number of rotatable bonds is 8. The summed E-state index contributed by atoms with van der Waals surface area (Å²) >= 11 is 6.68. The normalized spacial score (nSPS) is 24.2. The Morgan fingerprint density at radius 3 is 2.69 bits per heavy atom. The molecule has 0 unspecified atom stereocenters. The van der Waals surface area contributed by atoms with Gasteiger partial charge in [0.2, 0.25) is 17.7 Å². The van der Waals surface area contributed by atoms with E-state index in [-0.39, 0.29) is 42.3 Å². The second-order valence-corrected chi connectivity index (χ2v) is 12.0. The van der Waals surface area contributed by atoms with Crippen molar-refractivity contribution >= 4 is 29.3 Å². The van der Waals surface area contributed by atoms with Crippen LogP contribution in [0.15, 0.2) is 12.1 Å². The molecule has 1 aromatic heterocycles. The first-order chi connectivity index (χ1) is 20.1. The zero-order chi connectivity index (χ0) is 30.2. The molecule has 2 fully saturated rings. The highest BCUT2D eigenvalue weighted by molar-refractivity contribution is 6.31. The molecule has 13 heteroatoms. The van der Waals surface area contributed by atoms with Crippen molar-refractivity contribution in [3.8, 4) is 5.75 Å². The third-order valence-corrected chi connectivity index (χ3v) is 9.54. The van der Waals surface area contributed by atoms with Gasteiger partial charge in [0.25, 0.3) is 6.43 Å². The van der Waals surface area contributed by atoms with Crippen LogP contribution in [0.4, 0.5) is 8.78 Å². The Kier molecular flexibility index (Phi) is 8.73. The molecule has 0 radical (unpaired) electrons. The van der Waals surface area contributed by atoms with Crippen LogP contribution in [0.2, 0.25) is 5.02 Å². The molecule has 1 saturated heterocycles. The summed E-state index contributed by atoms with van der Waals surface area (Å²) in [6, 6.07) is 2.77. The molecule has 228 valence electrons. The first kappa shape index (κ1) is 30.2. The molecule has 0 spiro atoms. The number of benzene rings is 1. The molecule has 10 nitrogen and oxygen atoms in total. The molecule has 42 heavy (non-hydrogen) atoms. The molecule has 1 aliphatic carbocycles. The number of carbonyl (C=O) groups is 3. The molecule has 2 aliphatic heterocycles. The number of fused-ring (bicyclic) bond motifs is 1. The van der Waals surface area contributed by atoms with E-state index in [1.807, 2.05) is 6.92 Å². The van der Waals surface area contributed by atoms with Gasteiger partial charge in [-0.15, -0.1) is 5.10 Å². The van der Waals surface area contributed by atoms with Crippen LogP contribution in [0.5, 0.6) is 5.75 Å². The number of hydrogen-bond acceptors (Lipinski definition) is 6. The summed E-state index contributed by atoms with van der Waals surface area (Å²) in [5, 5.41) is 10.8. The van der Waals surface area contributed by atoms with Crippen molar-refractivity contribution in [3.63, 3.8) is 0 Å². The average molecular weight is 607 g/mol. The minimum Gasteiger partial charge on any atom is -0.487 e. The van der Waals surface area contributed by atoms with Crippen LogP contribution in [-0.4, -0.2) is 69.2 Å². The Bertz CT molecular complexity index is 1370. The lowest BCUT2D eigenvalue weighted by atomic mass is 9.66. The van der Waals surface area contributed by atoms with E-state index in [4.69, 9.17) is 16.3 Å². The topological polar surface area (TPSA) is 110 Å². The molecular weight excluding hydrogens is 570 g/mol. The van der Waals surface area contributed by atoms with Crippen LogP contribution >= 0.6 is 11.6 Å². The lowest BCUT2D eigenvalue weighted by molar-refractivity contribution is -0.153. The summed E-state index contributed by atoms with van der Waals surface area (Å²) in [4.78, 5) is 43.8. The zero-order valence-electron chi connectivity index (χ0n) is 24.2. The highest BCUT2D eigenvalue weighted by Gasteiger charge is 2.49. The van der Waals surface area contributed by atoms with Gasteiger partial charge in [0.05, 0.1) is 17.4 Å². The van der Waals surface area contributed by atoms with E-state index in [9.17, 15) is 23.2 Å². The van der Waals surface area contributed by atoms with Gasteiger partial charge in [-0.3, -0.25) is 14.4 Å². The SMILES string of the molecule is CNC(=O)[C@@]1(C)CCCC[C@H]1C(=O)N1CCc2c(Cl)ccc(OCc3nnn(C)c3C(F)F)c2[C@H]1CN1CCCC1=O. The van der Waals surface area contributed by atoms with Gasteiger partial charge < -0.3 is 19.9 Å². The smallest absolute Gasteiger partial charge is 0.282 e. The highest BCUT2D eigenvalue weighted by atomic mass is 35.5. The summed E-state index contributed by atoms with van der Waals surface area (Å²) in [5.74, 6) is -0.431. The number of aryl methyl sites for hydroxylation is 1. The van der Waals surface area contributed by atoms with Gasteiger partial charge in [0, 0.05) is 50.7 Å². The minimum atomic E-state index is -2.78. The summed E-state index contributed by atoms with van der Waals surface area (Å²) in [6.07, 6.45) is 1.72. The number of ether oxygens (including phenoxy) is 1. The highest BCUT2D eigenvalue weighted by Crippen LogP contribution is 2.46. The Morgan fingerprint density at radius 1 is 1.21 bits per heavy atom. The van der Waals surface area contributed by atoms with Gasteiger partial charge >= 0.3 is 0 Å². The second-order valence-electron chi connectivity index (χ2n) is 11.6. The third kappa shape index (κ3) is 5.45. The quantitative estimate of drug-likeness (QED) is 0.487. The summed E-state index contributed by atoms with van der Waals surface area (Å²) < 4.78 is 34.5. The summed E-state index contributed by atoms with van der Waals surface area (Å²) in [6.45, 7) is 2.77. The van der Waals surface area contributed by atoms with Crippen molar-refractivity contribution in [2.75, 3.05) is 26.7 Å². The number of carbonyl (C=O) groups excluding carboxylic acids is 3. The van der Waals surface area contributed by atoms with Crippen molar-refractivity contribution in [2.24, 2.45) is 18.4 Å². The van der Waals surface area contributed by atoms with Crippen molar-refractivity contribution in [3.05, 3.63) is 39.7 Å². The number of hydrogen-bond donors (Lipinski definition) is 1. The van der Waals surface area contributed by atoms with Crippen LogP contribution in [-0.2, 0) is 34.5 Å².